The predicted octanol–water partition coefficient (Wildman–Crippen LogP) is 3.09. The molecular formula is C17H20ClN3O3. The number of rotatable bonds is 5. The maximum Gasteiger partial charge on any atom is 0.246 e. The smallest absolute Gasteiger partial charge is 0.246 e. The van der Waals surface area contributed by atoms with E-state index in [0.29, 0.717) is 29.6 Å². The Morgan fingerprint density at radius 3 is 2.67 bits per heavy atom. The Morgan fingerprint density at radius 1 is 1.25 bits per heavy atom. The predicted molar refractivity (Wildman–Crippen MR) is 89.2 cm³/mol. The topological polar surface area (TPSA) is 88.2 Å². The lowest BCUT2D eigenvalue weighted by atomic mass is 9.82. The third-order valence-electron chi connectivity index (χ3n) is 4.28. The highest BCUT2D eigenvalue weighted by atomic mass is 35.5. The molecule has 0 unspecified atom stereocenters. The van der Waals surface area contributed by atoms with Crippen LogP contribution in [0.15, 0.2) is 28.8 Å². The summed E-state index contributed by atoms with van der Waals surface area (Å²) in [4.78, 5) is 16.3. The number of aliphatic hydroxyl groups is 1. The minimum atomic E-state index is -0.869. The number of nitrogens with one attached hydrogen (secondary N) is 1. The van der Waals surface area contributed by atoms with Crippen LogP contribution in [0.1, 0.15) is 44.4 Å². The van der Waals surface area contributed by atoms with E-state index in [9.17, 15) is 9.90 Å². The lowest BCUT2D eigenvalue weighted by Crippen LogP contribution is -2.38. The van der Waals surface area contributed by atoms with E-state index in [1.807, 2.05) is 0 Å². The number of amides is 1. The van der Waals surface area contributed by atoms with Crippen molar-refractivity contribution in [3.63, 3.8) is 0 Å². The average molecular weight is 350 g/mol. The van der Waals surface area contributed by atoms with Crippen LogP contribution in [0.2, 0.25) is 5.02 Å². The van der Waals surface area contributed by atoms with Crippen molar-refractivity contribution in [2.75, 3.05) is 0 Å². The normalized spacial score (nSPS) is 16.8. The largest absolute Gasteiger partial charge is 0.389 e. The summed E-state index contributed by atoms with van der Waals surface area (Å²) in [5.41, 5.74) is -0.0803. The van der Waals surface area contributed by atoms with E-state index >= 15 is 0 Å². The summed E-state index contributed by atoms with van der Waals surface area (Å²) in [7, 11) is 0. The zero-order valence-corrected chi connectivity index (χ0v) is 14.1. The van der Waals surface area contributed by atoms with Crippen LogP contribution >= 0.6 is 11.6 Å². The van der Waals surface area contributed by atoms with Crippen molar-refractivity contribution in [3.8, 4) is 11.4 Å². The monoisotopic (exact) mass is 349 g/mol. The standard InChI is InChI=1S/C17H20ClN3O3/c18-13-6-4-12(5-7-13)16-20-15(24-21-16)11-19-14(22)10-17(23)8-2-1-3-9-17/h4-7,23H,1-3,8-11H2,(H,19,22). The Morgan fingerprint density at radius 2 is 1.96 bits per heavy atom. The Hall–Kier alpha value is -1.92. The summed E-state index contributed by atoms with van der Waals surface area (Å²) in [6, 6.07) is 7.10. The van der Waals surface area contributed by atoms with E-state index in [-0.39, 0.29) is 18.9 Å². The van der Waals surface area contributed by atoms with Crippen molar-refractivity contribution >= 4 is 17.5 Å². The van der Waals surface area contributed by atoms with Crippen LogP contribution in [-0.2, 0) is 11.3 Å². The second kappa shape index (κ2) is 7.32. The lowest BCUT2D eigenvalue weighted by Gasteiger charge is -2.31. The molecule has 128 valence electrons. The minimum absolute atomic E-state index is 0.116. The molecule has 3 rings (SSSR count). The molecule has 1 aliphatic rings. The average Bonchev–Trinajstić information content (AvgIpc) is 3.03. The van der Waals surface area contributed by atoms with Gasteiger partial charge in [0.15, 0.2) is 0 Å². The molecule has 0 radical (unpaired) electrons. The molecule has 7 heteroatoms. The molecule has 0 aliphatic heterocycles. The van der Waals surface area contributed by atoms with Gasteiger partial charge in [-0.25, -0.2) is 0 Å². The number of carbonyl (C=O) groups is 1. The Balaban J connectivity index is 1.53. The zero-order valence-electron chi connectivity index (χ0n) is 13.3. The Labute approximate surface area is 145 Å². The number of carbonyl (C=O) groups excluding carboxylic acids is 1. The van der Waals surface area contributed by atoms with Gasteiger partial charge in [-0.15, -0.1) is 0 Å². The molecule has 1 aliphatic carbocycles. The second-order valence-corrected chi connectivity index (χ2v) is 6.69. The molecule has 1 aromatic heterocycles. The van der Waals surface area contributed by atoms with Crippen molar-refractivity contribution in [3.05, 3.63) is 35.2 Å². The van der Waals surface area contributed by atoms with E-state index in [1.54, 1.807) is 24.3 Å². The molecular weight excluding hydrogens is 330 g/mol. The first-order valence-electron chi connectivity index (χ1n) is 8.12. The number of aromatic nitrogens is 2. The van der Waals surface area contributed by atoms with Gasteiger partial charge in [-0.2, -0.15) is 4.98 Å². The second-order valence-electron chi connectivity index (χ2n) is 6.26. The molecule has 2 N–H and O–H groups in total. The van der Waals surface area contributed by atoms with Gasteiger partial charge in [-0.1, -0.05) is 36.0 Å². The third-order valence-corrected chi connectivity index (χ3v) is 4.53. The summed E-state index contributed by atoms with van der Waals surface area (Å²) >= 11 is 5.85. The number of hydrogen-bond acceptors (Lipinski definition) is 5. The van der Waals surface area contributed by atoms with Crippen molar-refractivity contribution in [2.45, 2.75) is 50.7 Å². The number of hydrogen-bond donors (Lipinski definition) is 2. The van der Waals surface area contributed by atoms with Crippen molar-refractivity contribution in [1.29, 1.82) is 0 Å². The molecule has 0 bridgehead atoms. The van der Waals surface area contributed by atoms with E-state index < -0.39 is 5.60 Å². The van der Waals surface area contributed by atoms with Crippen molar-refractivity contribution in [1.82, 2.24) is 15.5 Å². The van der Waals surface area contributed by atoms with E-state index in [2.05, 4.69) is 15.5 Å². The van der Waals surface area contributed by atoms with Crippen LogP contribution < -0.4 is 5.32 Å². The summed E-state index contributed by atoms with van der Waals surface area (Å²) < 4.78 is 5.14. The van der Waals surface area contributed by atoms with E-state index in [0.717, 1.165) is 24.8 Å². The maximum absolute atomic E-state index is 12.0. The molecule has 0 atom stereocenters. The highest BCUT2D eigenvalue weighted by Gasteiger charge is 2.31. The molecule has 1 aromatic carbocycles. The molecule has 1 amide bonds. The molecule has 24 heavy (non-hydrogen) atoms. The Kier molecular flexibility index (Phi) is 5.16. The first-order valence-corrected chi connectivity index (χ1v) is 8.49. The number of nitrogens with zero attached hydrogens (tertiary/aromatic N) is 2. The quantitative estimate of drug-likeness (QED) is 0.866. The minimum Gasteiger partial charge on any atom is -0.389 e. The molecule has 1 saturated carbocycles. The molecule has 2 aromatic rings. The van der Waals surface area contributed by atoms with E-state index in [1.165, 1.54) is 0 Å². The number of benzene rings is 1. The van der Waals surface area contributed by atoms with E-state index in [4.69, 9.17) is 16.1 Å². The maximum atomic E-state index is 12.0. The lowest BCUT2D eigenvalue weighted by molar-refractivity contribution is -0.127. The fourth-order valence-corrected chi connectivity index (χ4v) is 3.09. The molecule has 6 nitrogen and oxygen atoms in total. The van der Waals surface area contributed by atoms with Gasteiger partial charge in [0.25, 0.3) is 0 Å². The van der Waals surface area contributed by atoms with Gasteiger partial charge in [0.05, 0.1) is 18.6 Å². The summed E-state index contributed by atoms with van der Waals surface area (Å²) in [5, 5.41) is 17.6. The van der Waals surface area contributed by atoms with Crippen molar-refractivity contribution in [2.24, 2.45) is 0 Å². The fraction of sp³-hybridized carbons (Fsp3) is 0.471. The van der Waals surface area contributed by atoms with Gasteiger partial charge in [0, 0.05) is 10.6 Å². The molecule has 1 heterocycles. The first-order chi connectivity index (χ1) is 11.5. The number of halogens is 1. The SMILES string of the molecule is O=C(CC1(O)CCCCC1)NCc1nc(-c2ccc(Cl)cc2)no1. The van der Waals surface area contributed by atoms with Gasteiger partial charge in [0.2, 0.25) is 17.6 Å². The first kappa shape index (κ1) is 16.9. The van der Waals surface area contributed by atoms with Crippen LogP contribution in [0, 0.1) is 0 Å². The summed E-state index contributed by atoms with van der Waals surface area (Å²) in [6.45, 7) is 0.148. The molecule has 0 spiro atoms. The van der Waals surface area contributed by atoms with Gasteiger partial charge in [-0.05, 0) is 37.1 Å². The summed E-state index contributed by atoms with van der Waals surface area (Å²) in [5.74, 6) is 0.566. The fourth-order valence-electron chi connectivity index (χ4n) is 2.97. The molecule has 0 saturated heterocycles. The van der Waals surface area contributed by atoms with Crippen LogP contribution in [0.4, 0.5) is 0 Å². The van der Waals surface area contributed by atoms with Gasteiger partial charge >= 0.3 is 0 Å². The van der Waals surface area contributed by atoms with Gasteiger partial charge in [-0.3, -0.25) is 4.79 Å². The summed E-state index contributed by atoms with van der Waals surface area (Å²) in [6.07, 6.45) is 4.55. The van der Waals surface area contributed by atoms with Gasteiger partial charge in [0.1, 0.15) is 0 Å². The molecule has 1 fully saturated rings. The van der Waals surface area contributed by atoms with Crippen LogP contribution in [0.25, 0.3) is 11.4 Å². The van der Waals surface area contributed by atoms with Crippen LogP contribution in [0.5, 0.6) is 0 Å². The Bertz CT molecular complexity index is 693. The third kappa shape index (κ3) is 4.33. The zero-order chi connectivity index (χ0) is 17.0. The highest BCUT2D eigenvalue weighted by molar-refractivity contribution is 6.30. The highest BCUT2D eigenvalue weighted by Crippen LogP contribution is 2.30. The van der Waals surface area contributed by atoms with Crippen molar-refractivity contribution < 1.29 is 14.4 Å². The van der Waals surface area contributed by atoms with Crippen LogP contribution in [0.3, 0.4) is 0 Å². The van der Waals surface area contributed by atoms with Crippen LogP contribution in [-0.4, -0.2) is 26.8 Å². The van der Waals surface area contributed by atoms with Gasteiger partial charge < -0.3 is 14.9 Å².